The van der Waals surface area contributed by atoms with E-state index in [2.05, 4.69) is 15.6 Å². The van der Waals surface area contributed by atoms with E-state index >= 15 is 0 Å². The minimum Gasteiger partial charge on any atom is -0.332 e. The smallest absolute Gasteiger partial charge is 0.315 e. The lowest BCUT2D eigenvalue weighted by molar-refractivity contribution is -0.138. The fourth-order valence-corrected chi connectivity index (χ4v) is 4.90. The first-order valence-corrected chi connectivity index (χ1v) is 11.5. The number of likely N-dealkylation sites (tertiary alicyclic amines) is 1. The molecule has 2 heterocycles. The largest absolute Gasteiger partial charge is 0.332 e. The Morgan fingerprint density at radius 1 is 1.19 bits per heavy atom. The number of amides is 3. The number of urea groups is 1. The Balaban J connectivity index is 1.74. The number of carbonyl (C=O) groups excluding carboxylic acids is 3. The van der Waals surface area contributed by atoms with Crippen molar-refractivity contribution in [3.05, 3.63) is 30.1 Å². The first kappa shape index (κ1) is 23.2. The lowest BCUT2D eigenvalue weighted by Gasteiger charge is -2.40. The van der Waals surface area contributed by atoms with Crippen LogP contribution in [0.15, 0.2) is 24.5 Å². The van der Waals surface area contributed by atoms with E-state index in [0.717, 1.165) is 50.4 Å². The van der Waals surface area contributed by atoms with Gasteiger partial charge in [0.1, 0.15) is 12.3 Å². The van der Waals surface area contributed by atoms with Crippen molar-refractivity contribution in [2.75, 3.05) is 6.54 Å². The summed E-state index contributed by atoms with van der Waals surface area (Å²) in [5, 5.41) is 6.21. The first-order valence-electron chi connectivity index (χ1n) is 11.5. The van der Waals surface area contributed by atoms with Crippen LogP contribution < -0.4 is 10.6 Å². The summed E-state index contributed by atoms with van der Waals surface area (Å²) in [4.78, 5) is 43.5. The average Bonchev–Trinajstić information content (AvgIpc) is 3.21. The van der Waals surface area contributed by atoms with Crippen LogP contribution >= 0.6 is 0 Å². The van der Waals surface area contributed by atoms with Gasteiger partial charge in [0.15, 0.2) is 0 Å². The Kier molecular flexibility index (Phi) is 7.34. The van der Waals surface area contributed by atoms with Crippen LogP contribution in [0.5, 0.6) is 0 Å². The van der Waals surface area contributed by atoms with Crippen molar-refractivity contribution in [2.24, 2.45) is 5.41 Å². The van der Waals surface area contributed by atoms with E-state index in [-0.39, 0.29) is 17.5 Å². The lowest BCUT2D eigenvalue weighted by Crippen LogP contribution is -2.61. The standard InChI is InChI=1S/C24H36N4O3/c1-23(2,3)20(21(30)28-15-7-8-19(28)17-29)26-22(31)27-24(11-5-4-6-12-24)16-18-9-13-25-14-10-18/h9-10,13-14,17,19-20H,4-8,11-12,15-16H2,1-3H3,(H2,26,27,31). The van der Waals surface area contributed by atoms with Gasteiger partial charge < -0.3 is 20.3 Å². The minimum atomic E-state index is -0.699. The highest BCUT2D eigenvalue weighted by Crippen LogP contribution is 2.32. The highest BCUT2D eigenvalue weighted by atomic mass is 16.2. The third kappa shape index (κ3) is 5.83. The number of carbonyl (C=O) groups is 3. The molecule has 1 saturated carbocycles. The number of hydrogen-bond donors (Lipinski definition) is 2. The molecule has 1 aromatic rings. The predicted molar refractivity (Wildman–Crippen MR) is 119 cm³/mol. The Hall–Kier alpha value is -2.44. The van der Waals surface area contributed by atoms with E-state index in [9.17, 15) is 14.4 Å². The molecule has 2 unspecified atom stereocenters. The molecule has 7 nitrogen and oxygen atoms in total. The summed E-state index contributed by atoms with van der Waals surface area (Å²) in [5.41, 5.74) is 0.343. The molecule has 2 aliphatic rings. The average molecular weight is 429 g/mol. The molecule has 170 valence electrons. The second kappa shape index (κ2) is 9.79. The summed E-state index contributed by atoms with van der Waals surface area (Å²) in [5.74, 6) is -0.177. The van der Waals surface area contributed by atoms with Gasteiger partial charge in [-0.05, 0) is 55.2 Å². The van der Waals surface area contributed by atoms with Crippen molar-refractivity contribution in [1.82, 2.24) is 20.5 Å². The fraction of sp³-hybridized carbons (Fsp3) is 0.667. The van der Waals surface area contributed by atoms with Crippen LogP contribution in [0.4, 0.5) is 4.79 Å². The second-order valence-electron chi connectivity index (χ2n) is 10.1. The molecule has 2 fully saturated rings. The van der Waals surface area contributed by atoms with E-state index in [0.29, 0.717) is 13.0 Å². The topological polar surface area (TPSA) is 91.4 Å². The molecular formula is C24H36N4O3. The summed E-state index contributed by atoms with van der Waals surface area (Å²) < 4.78 is 0. The fourth-order valence-electron chi connectivity index (χ4n) is 4.90. The number of hydrogen-bond acceptors (Lipinski definition) is 4. The van der Waals surface area contributed by atoms with Gasteiger partial charge in [0.2, 0.25) is 5.91 Å². The summed E-state index contributed by atoms with van der Waals surface area (Å²) in [6, 6.07) is 2.58. The van der Waals surface area contributed by atoms with Crippen LogP contribution in [-0.2, 0) is 16.0 Å². The number of aldehydes is 1. The third-order valence-electron chi connectivity index (χ3n) is 6.61. The van der Waals surface area contributed by atoms with Crippen molar-refractivity contribution in [3.63, 3.8) is 0 Å². The van der Waals surface area contributed by atoms with Crippen LogP contribution in [0, 0.1) is 5.41 Å². The molecule has 1 saturated heterocycles. The molecule has 0 radical (unpaired) electrons. The number of nitrogens with zero attached hydrogens (tertiary/aromatic N) is 2. The van der Waals surface area contributed by atoms with Crippen LogP contribution in [0.25, 0.3) is 0 Å². The van der Waals surface area contributed by atoms with Gasteiger partial charge in [0.25, 0.3) is 0 Å². The molecule has 0 bridgehead atoms. The van der Waals surface area contributed by atoms with E-state index in [1.807, 2.05) is 32.9 Å². The zero-order chi connectivity index (χ0) is 22.5. The third-order valence-corrected chi connectivity index (χ3v) is 6.61. The lowest BCUT2D eigenvalue weighted by atomic mass is 9.77. The molecule has 0 aromatic carbocycles. The summed E-state index contributed by atoms with van der Waals surface area (Å²) in [6.45, 7) is 6.38. The van der Waals surface area contributed by atoms with Crippen molar-refractivity contribution in [2.45, 2.75) is 89.8 Å². The van der Waals surface area contributed by atoms with Gasteiger partial charge in [0.05, 0.1) is 6.04 Å². The molecule has 1 aliphatic heterocycles. The Bertz CT molecular complexity index is 769. The van der Waals surface area contributed by atoms with Crippen LogP contribution in [0.2, 0.25) is 0 Å². The highest BCUT2D eigenvalue weighted by Gasteiger charge is 2.41. The molecule has 1 aliphatic carbocycles. The number of nitrogens with one attached hydrogen (secondary N) is 2. The zero-order valence-electron chi connectivity index (χ0n) is 19.0. The number of pyridine rings is 1. The summed E-state index contributed by atoms with van der Waals surface area (Å²) in [6.07, 6.45) is 11.8. The molecule has 2 atom stereocenters. The molecule has 31 heavy (non-hydrogen) atoms. The van der Waals surface area contributed by atoms with E-state index in [4.69, 9.17) is 0 Å². The van der Waals surface area contributed by atoms with E-state index in [1.54, 1.807) is 17.3 Å². The summed E-state index contributed by atoms with van der Waals surface area (Å²) in [7, 11) is 0. The van der Waals surface area contributed by atoms with Crippen LogP contribution in [0.3, 0.4) is 0 Å². The summed E-state index contributed by atoms with van der Waals surface area (Å²) >= 11 is 0. The van der Waals surface area contributed by atoms with Gasteiger partial charge in [-0.3, -0.25) is 9.78 Å². The van der Waals surface area contributed by atoms with E-state index < -0.39 is 17.5 Å². The second-order valence-corrected chi connectivity index (χ2v) is 10.1. The highest BCUT2D eigenvalue weighted by molar-refractivity contribution is 5.89. The Morgan fingerprint density at radius 3 is 2.48 bits per heavy atom. The molecule has 0 spiro atoms. The molecule has 3 amide bonds. The quantitative estimate of drug-likeness (QED) is 0.681. The maximum absolute atomic E-state index is 13.3. The number of rotatable bonds is 6. The maximum Gasteiger partial charge on any atom is 0.315 e. The van der Waals surface area contributed by atoms with Gasteiger partial charge in [-0.1, -0.05) is 40.0 Å². The minimum absolute atomic E-state index is 0.177. The van der Waals surface area contributed by atoms with Gasteiger partial charge in [-0.15, -0.1) is 0 Å². The first-order chi connectivity index (χ1) is 14.7. The maximum atomic E-state index is 13.3. The Labute approximate surface area is 185 Å². The van der Waals surface area contributed by atoms with Crippen molar-refractivity contribution < 1.29 is 14.4 Å². The van der Waals surface area contributed by atoms with Gasteiger partial charge >= 0.3 is 6.03 Å². The van der Waals surface area contributed by atoms with Crippen molar-refractivity contribution >= 4 is 18.2 Å². The number of aromatic nitrogens is 1. The SMILES string of the molecule is CC(C)(C)C(NC(=O)NC1(Cc2ccncc2)CCCCC1)C(=O)N1CCCC1C=O. The molecule has 3 rings (SSSR count). The normalized spacial score (nSPS) is 21.9. The van der Waals surface area contributed by atoms with Gasteiger partial charge in [-0.2, -0.15) is 0 Å². The van der Waals surface area contributed by atoms with Crippen molar-refractivity contribution in [1.29, 1.82) is 0 Å². The zero-order valence-corrected chi connectivity index (χ0v) is 19.0. The van der Waals surface area contributed by atoms with Gasteiger partial charge in [0, 0.05) is 24.5 Å². The van der Waals surface area contributed by atoms with E-state index in [1.165, 1.54) is 6.42 Å². The molecule has 1 aromatic heterocycles. The van der Waals surface area contributed by atoms with Gasteiger partial charge in [-0.25, -0.2) is 4.79 Å². The monoisotopic (exact) mass is 428 g/mol. The molecule has 2 N–H and O–H groups in total. The predicted octanol–water partition coefficient (Wildman–Crippen LogP) is 3.23. The van der Waals surface area contributed by atoms with Crippen LogP contribution in [0.1, 0.15) is 71.3 Å². The molecular weight excluding hydrogens is 392 g/mol. The van der Waals surface area contributed by atoms with Crippen LogP contribution in [-0.4, -0.2) is 52.3 Å². The molecule has 7 heteroatoms. The van der Waals surface area contributed by atoms with Crippen molar-refractivity contribution in [3.8, 4) is 0 Å². The Morgan fingerprint density at radius 2 is 1.87 bits per heavy atom.